The third-order valence-corrected chi connectivity index (χ3v) is 3.27. The van der Waals surface area contributed by atoms with Crippen LogP contribution in [-0.2, 0) is 0 Å². The summed E-state index contributed by atoms with van der Waals surface area (Å²) in [6, 6.07) is 9.11. The van der Waals surface area contributed by atoms with Gasteiger partial charge in [-0.05, 0) is 49.0 Å². The molecular formula is C14H10F2N2S. The van der Waals surface area contributed by atoms with Crippen LogP contribution in [0.4, 0.5) is 8.78 Å². The van der Waals surface area contributed by atoms with E-state index in [0.717, 1.165) is 5.56 Å². The molecule has 3 aromatic rings. The molecule has 0 aliphatic rings. The second-order valence-electron chi connectivity index (χ2n) is 4.38. The number of fused-ring (bicyclic) bond motifs is 1. The van der Waals surface area contributed by atoms with Crippen molar-refractivity contribution in [2.75, 3.05) is 0 Å². The Morgan fingerprint density at radius 3 is 2.63 bits per heavy atom. The standard InChI is InChI=1S/C14H10F2N2S/c1-8-2-5-12(10(16)6-8)18-13-7-9(15)3-4-11(13)17-14(18)19/h2-7H,1H3,(H,17,19). The van der Waals surface area contributed by atoms with Crippen molar-refractivity contribution in [3.63, 3.8) is 0 Å². The summed E-state index contributed by atoms with van der Waals surface area (Å²) >= 11 is 5.19. The highest BCUT2D eigenvalue weighted by Crippen LogP contribution is 2.23. The Morgan fingerprint density at radius 1 is 1.11 bits per heavy atom. The molecule has 0 saturated carbocycles. The molecule has 0 aliphatic heterocycles. The Labute approximate surface area is 113 Å². The summed E-state index contributed by atoms with van der Waals surface area (Å²) in [7, 11) is 0. The lowest BCUT2D eigenvalue weighted by Crippen LogP contribution is -1.98. The summed E-state index contributed by atoms with van der Waals surface area (Å²) < 4.78 is 29.2. The van der Waals surface area contributed by atoms with Crippen molar-refractivity contribution in [3.05, 3.63) is 58.4 Å². The van der Waals surface area contributed by atoms with E-state index < -0.39 is 0 Å². The number of nitrogens with zero attached hydrogens (tertiary/aromatic N) is 1. The third kappa shape index (κ3) is 1.96. The van der Waals surface area contributed by atoms with Gasteiger partial charge in [0, 0.05) is 6.07 Å². The predicted octanol–water partition coefficient (Wildman–Crippen LogP) is 4.27. The van der Waals surface area contributed by atoms with E-state index in [0.29, 0.717) is 21.5 Å². The Hall–Kier alpha value is -2.01. The van der Waals surface area contributed by atoms with Gasteiger partial charge in [0.15, 0.2) is 4.77 Å². The number of H-pyrrole nitrogens is 1. The van der Waals surface area contributed by atoms with Crippen molar-refractivity contribution in [2.45, 2.75) is 6.92 Å². The average molecular weight is 276 g/mol. The highest BCUT2D eigenvalue weighted by molar-refractivity contribution is 7.71. The molecule has 3 rings (SSSR count). The molecule has 1 heterocycles. The maximum absolute atomic E-state index is 14.0. The molecule has 96 valence electrons. The van der Waals surface area contributed by atoms with Crippen LogP contribution in [0.3, 0.4) is 0 Å². The zero-order valence-electron chi connectivity index (χ0n) is 10.1. The summed E-state index contributed by atoms with van der Waals surface area (Å²) in [5.74, 6) is -0.774. The van der Waals surface area contributed by atoms with E-state index in [9.17, 15) is 8.78 Å². The Kier molecular flexibility index (Phi) is 2.71. The second kappa shape index (κ2) is 4.28. The smallest absolute Gasteiger partial charge is 0.182 e. The number of nitrogens with one attached hydrogen (secondary N) is 1. The molecule has 0 amide bonds. The van der Waals surface area contributed by atoms with Crippen LogP contribution in [0.2, 0.25) is 0 Å². The highest BCUT2D eigenvalue weighted by atomic mass is 32.1. The van der Waals surface area contributed by atoms with Crippen LogP contribution in [0.15, 0.2) is 36.4 Å². The van der Waals surface area contributed by atoms with E-state index in [1.165, 1.54) is 22.8 Å². The predicted molar refractivity (Wildman–Crippen MR) is 73.1 cm³/mol. The summed E-state index contributed by atoms with van der Waals surface area (Å²) in [6.07, 6.45) is 0. The van der Waals surface area contributed by atoms with E-state index in [4.69, 9.17) is 12.2 Å². The quantitative estimate of drug-likeness (QED) is 0.658. The van der Waals surface area contributed by atoms with Crippen molar-refractivity contribution in [3.8, 4) is 5.69 Å². The van der Waals surface area contributed by atoms with Gasteiger partial charge in [-0.15, -0.1) is 0 Å². The average Bonchev–Trinajstić information content (AvgIpc) is 2.65. The van der Waals surface area contributed by atoms with Crippen LogP contribution >= 0.6 is 12.2 Å². The monoisotopic (exact) mass is 276 g/mol. The van der Waals surface area contributed by atoms with Crippen molar-refractivity contribution in [1.29, 1.82) is 0 Å². The topological polar surface area (TPSA) is 20.7 Å². The largest absolute Gasteiger partial charge is 0.330 e. The van der Waals surface area contributed by atoms with Crippen molar-refractivity contribution in [2.24, 2.45) is 0 Å². The number of aryl methyl sites for hydroxylation is 1. The second-order valence-corrected chi connectivity index (χ2v) is 4.77. The number of hydrogen-bond acceptors (Lipinski definition) is 1. The van der Waals surface area contributed by atoms with E-state index in [1.54, 1.807) is 25.1 Å². The van der Waals surface area contributed by atoms with Gasteiger partial charge in [0.2, 0.25) is 0 Å². The molecule has 0 aliphatic carbocycles. The molecule has 1 aromatic heterocycles. The van der Waals surface area contributed by atoms with E-state index in [2.05, 4.69) is 4.98 Å². The number of halogens is 2. The summed E-state index contributed by atoms with van der Waals surface area (Å²) in [5, 5.41) is 0. The van der Waals surface area contributed by atoms with Crippen LogP contribution in [0.25, 0.3) is 16.7 Å². The van der Waals surface area contributed by atoms with Crippen LogP contribution in [0, 0.1) is 23.3 Å². The summed E-state index contributed by atoms with van der Waals surface area (Å²) in [5.41, 5.74) is 2.32. The Balaban J connectivity index is 2.38. The minimum absolute atomic E-state index is 0.312. The van der Waals surface area contributed by atoms with Gasteiger partial charge in [-0.25, -0.2) is 8.78 Å². The van der Waals surface area contributed by atoms with Crippen LogP contribution in [0.5, 0.6) is 0 Å². The van der Waals surface area contributed by atoms with Crippen molar-refractivity contribution in [1.82, 2.24) is 9.55 Å². The van der Waals surface area contributed by atoms with Crippen LogP contribution in [0.1, 0.15) is 5.56 Å². The molecule has 0 saturated heterocycles. The maximum atomic E-state index is 14.0. The van der Waals surface area contributed by atoms with Crippen molar-refractivity contribution < 1.29 is 8.78 Å². The molecular weight excluding hydrogens is 266 g/mol. The van der Waals surface area contributed by atoms with Gasteiger partial charge < -0.3 is 4.98 Å². The lowest BCUT2D eigenvalue weighted by molar-refractivity contribution is 0.616. The molecule has 0 spiro atoms. The molecule has 1 N–H and O–H groups in total. The van der Waals surface area contributed by atoms with Crippen molar-refractivity contribution >= 4 is 23.3 Å². The van der Waals surface area contributed by atoms with Gasteiger partial charge in [-0.1, -0.05) is 6.07 Å². The molecule has 0 bridgehead atoms. The SMILES string of the molecule is Cc1ccc(-n2c(=S)[nH]c3ccc(F)cc32)c(F)c1. The Bertz CT molecular complexity index is 833. The number of aromatic nitrogens is 2. The normalized spacial score (nSPS) is 11.1. The molecule has 0 atom stereocenters. The first-order valence-electron chi connectivity index (χ1n) is 5.73. The first kappa shape index (κ1) is 12.0. The third-order valence-electron chi connectivity index (χ3n) is 2.99. The molecule has 2 nitrogen and oxygen atoms in total. The highest BCUT2D eigenvalue weighted by Gasteiger charge is 2.11. The van der Waals surface area contributed by atoms with E-state index >= 15 is 0 Å². The van der Waals surface area contributed by atoms with Gasteiger partial charge >= 0.3 is 0 Å². The van der Waals surface area contributed by atoms with Gasteiger partial charge in [0.25, 0.3) is 0 Å². The fourth-order valence-electron chi connectivity index (χ4n) is 2.11. The summed E-state index contributed by atoms with van der Waals surface area (Å²) in [6.45, 7) is 1.81. The first-order valence-corrected chi connectivity index (χ1v) is 6.14. The fourth-order valence-corrected chi connectivity index (χ4v) is 2.42. The zero-order valence-corrected chi connectivity index (χ0v) is 10.9. The molecule has 5 heteroatoms. The number of rotatable bonds is 1. The molecule has 19 heavy (non-hydrogen) atoms. The number of benzene rings is 2. The minimum atomic E-state index is -0.388. The summed E-state index contributed by atoms with van der Waals surface area (Å²) in [4.78, 5) is 2.94. The first-order chi connectivity index (χ1) is 9.06. The molecule has 0 radical (unpaired) electrons. The number of hydrogen-bond donors (Lipinski definition) is 1. The van der Waals surface area contributed by atoms with Crippen LogP contribution in [-0.4, -0.2) is 9.55 Å². The molecule has 2 aromatic carbocycles. The molecule has 0 unspecified atom stereocenters. The fraction of sp³-hybridized carbons (Fsp3) is 0.0714. The number of imidazole rings is 1. The van der Waals surface area contributed by atoms with E-state index in [-0.39, 0.29) is 11.6 Å². The maximum Gasteiger partial charge on any atom is 0.182 e. The molecule has 0 fully saturated rings. The lowest BCUT2D eigenvalue weighted by Gasteiger charge is -2.06. The van der Waals surface area contributed by atoms with Gasteiger partial charge in [0.1, 0.15) is 11.6 Å². The number of aromatic amines is 1. The van der Waals surface area contributed by atoms with Gasteiger partial charge in [-0.3, -0.25) is 4.57 Å². The van der Waals surface area contributed by atoms with Gasteiger partial charge in [-0.2, -0.15) is 0 Å². The van der Waals surface area contributed by atoms with E-state index in [1.807, 2.05) is 0 Å². The van der Waals surface area contributed by atoms with Gasteiger partial charge in [0.05, 0.1) is 16.7 Å². The zero-order chi connectivity index (χ0) is 13.6. The Morgan fingerprint density at radius 2 is 1.89 bits per heavy atom. The van der Waals surface area contributed by atoms with Crippen LogP contribution < -0.4 is 0 Å². The lowest BCUT2D eigenvalue weighted by atomic mass is 10.2. The minimum Gasteiger partial charge on any atom is -0.330 e.